The van der Waals surface area contributed by atoms with Gasteiger partial charge in [0.15, 0.2) is 0 Å². The first kappa shape index (κ1) is 31.6. The van der Waals surface area contributed by atoms with Crippen molar-refractivity contribution in [1.82, 2.24) is 9.80 Å². The molecule has 0 aromatic heterocycles. The molecule has 230 valence electrons. The van der Waals surface area contributed by atoms with E-state index in [0.29, 0.717) is 52.4 Å². The van der Waals surface area contributed by atoms with Crippen LogP contribution in [-0.4, -0.2) is 65.7 Å². The van der Waals surface area contributed by atoms with Gasteiger partial charge in [0.05, 0.1) is 33.9 Å². The molecule has 0 spiro atoms. The third-order valence-corrected chi connectivity index (χ3v) is 8.63. The molecule has 0 saturated heterocycles. The van der Waals surface area contributed by atoms with E-state index in [1.807, 2.05) is 75.5 Å². The van der Waals surface area contributed by atoms with E-state index in [4.69, 9.17) is 27.9 Å². The van der Waals surface area contributed by atoms with Gasteiger partial charge in [-0.05, 0) is 61.3 Å². The molecule has 1 aliphatic heterocycles. The summed E-state index contributed by atoms with van der Waals surface area (Å²) in [7, 11) is 2.00. The van der Waals surface area contributed by atoms with Crippen molar-refractivity contribution in [2.45, 2.75) is 32.5 Å². The Labute approximate surface area is 267 Å². The molecular weight excluding hydrogens is 599 g/mol. The minimum Gasteiger partial charge on any atom is -0.488 e. The number of amides is 3. The van der Waals surface area contributed by atoms with E-state index in [2.05, 4.69) is 15.5 Å². The quantitative estimate of drug-likeness (QED) is 0.191. The fourth-order valence-electron chi connectivity index (χ4n) is 5.46. The number of fused-ring (bicyclic) bond motifs is 2. The summed E-state index contributed by atoms with van der Waals surface area (Å²) in [5.41, 5.74) is 2.45. The lowest BCUT2D eigenvalue weighted by Gasteiger charge is -2.38. The fraction of sp³-hybridized carbons (Fsp3) is 0.294. The molecular formula is C34H36Cl2N4O4. The number of anilines is 2. The van der Waals surface area contributed by atoms with Crippen LogP contribution in [-0.2, 0) is 6.54 Å². The van der Waals surface area contributed by atoms with Crippen LogP contribution >= 0.6 is 23.2 Å². The first-order valence-electron chi connectivity index (χ1n) is 14.5. The van der Waals surface area contributed by atoms with Crippen LogP contribution in [0.2, 0.25) is 10.0 Å². The Morgan fingerprint density at radius 1 is 1.05 bits per heavy atom. The zero-order valence-electron chi connectivity index (χ0n) is 24.9. The van der Waals surface area contributed by atoms with Crippen LogP contribution in [0.1, 0.15) is 29.8 Å². The highest BCUT2D eigenvalue weighted by Crippen LogP contribution is 2.31. The van der Waals surface area contributed by atoms with Gasteiger partial charge in [-0.1, -0.05) is 72.6 Å². The Morgan fingerprint density at radius 3 is 2.59 bits per heavy atom. The lowest BCUT2D eigenvalue weighted by molar-refractivity contribution is 0.0341. The van der Waals surface area contributed by atoms with Crippen molar-refractivity contribution in [3.8, 4) is 5.75 Å². The molecule has 3 amide bonds. The molecule has 0 aliphatic carbocycles. The van der Waals surface area contributed by atoms with Crippen LogP contribution in [0.25, 0.3) is 10.8 Å². The highest BCUT2D eigenvalue weighted by molar-refractivity contribution is 6.42. The van der Waals surface area contributed by atoms with Gasteiger partial charge in [-0.2, -0.15) is 0 Å². The van der Waals surface area contributed by atoms with Crippen molar-refractivity contribution in [2.75, 3.05) is 37.4 Å². The highest BCUT2D eigenvalue weighted by Gasteiger charge is 2.33. The van der Waals surface area contributed by atoms with Crippen LogP contribution in [0.3, 0.4) is 0 Å². The summed E-state index contributed by atoms with van der Waals surface area (Å²) in [5, 5.41) is 18.7. The number of nitrogens with one attached hydrogen (secondary N) is 2. The summed E-state index contributed by atoms with van der Waals surface area (Å²) in [6.45, 7) is 5.27. The number of hydrogen-bond acceptors (Lipinski definition) is 5. The molecule has 10 heteroatoms. The van der Waals surface area contributed by atoms with Crippen LogP contribution in [0.5, 0.6) is 5.75 Å². The average molecular weight is 636 g/mol. The van der Waals surface area contributed by atoms with Gasteiger partial charge in [0.1, 0.15) is 11.9 Å². The lowest BCUT2D eigenvalue weighted by atomic mass is 9.99. The van der Waals surface area contributed by atoms with E-state index in [9.17, 15) is 14.7 Å². The molecule has 0 unspecified atom stereocenters. The number of benzene rings is 4. The number of likely N-dealkylation sites (N-methyl/N-ethyl adjacent to an activating group) is 1. The van der Waals surface area contributed by atoms with Gasteiger partial charge in [0, 0.05) is 36.6 Å². The van der Waals surface area contributed by atoms with Crippen LogP contribution in [0.15, 0.2) is 78.9 Å². The number of ether oxygens (including phenoxy) is 1. The second-order valence-corrected chi connectivity index (χ2v) is 12.2. The van der Waals surface area contributed by atoms with Gasteiger partial charge in [-0.15, -0.1) is 0 Å². The topological polar surface area (TPSA) is 94.1 Å². The predicted octanol–water partition coefficient (Wildman–Crippen LogP) is 7.14. The lowest BCUT2D eigenvalue weighted by Crippen LogP contribution is -2.49. The standard InChI is InChI=1S/C34H36Cl2N4O4/c1-21-17-40(22(2)20-41)33(42)27-16-25(37-34(43)38-30-10-6-8-24-7-4-5-9-26(24)30)12-14-31(27)44-32(21)19-39(3)18-23-11-13-28(35)29(36)15-23/h4-16,21-22,32,41H,17-20H2,1-3H3,(H2,37,38,43)/t21-,22+,32-/m0/s1. The molecule has 0 bridgehead atoms. The number of nitrogens with zero attached hydrogens (tertiary/aromatic N) is 2. The molecule has 3 atom stereocenters. The third-order valence-electron chi connectivity index (χ3n) is 7.89. The maximum Gasteiger partial charge on any atom is 0.323 e. The summed E-state index contributed by atoms with van der Waals surface area (Å²) < 4.78 is 6.51. The SMILES string of the molecule is C[C@H](CO)N1C[C@H](C)[C@H](CN(C)Cc2ccc(Cl)c(Cl)c2)Oc2ccc(NC(=O)Nc3cccc4ccccc34)cc2C1=O. The summed E-state index contributed by atoms with van der Waals surface area (Å²) in [5.74, 6) is 0.111. The van der Waals surface area contributed by atoms with Crippen molar-refractivity contribution >= 4 is 57.3 Å². The molecule has 4 aromatic rings. The van der Waals surface area contributed by atoms with Gasteiger partial charge >= 0.3 is 6.03 Å². The van der Waals surface area contributed by atoms with Gasteiger partial charge < -0.3 is 25.4 Å². The minimum atomic E-state index is -0.434. The number of carbonyl (C=O) groups is 2. The second kappa shape index (κ2) is 13.9. The highest BCUT2D eigenvalue weighted by atomic mass is 35.5. The Hall–Kier alpha value is -3.82. The number of urea groups is 1. The molecule has 5 rings (SSSR count). The molecule has 1 aliphatic rings. The summed E-state index contributed by atoms with van der Waals surface area (Å²) in [4.78, 5) is 30.6. The third kappa shape index (κ3) is 7.27. The maximum absolute atomic E-state index is 13.8. The van der Waals surface area contributed by atoms with Crippen molar-refractivity contribution in [2.24, 2.45) is 5.92 Å². The maximum atomic E-state index is 13.8. The zero-order chi connectivity index (χ0) is 31.4. The van der Waals surface area contributed by atoms with E-state index in [1.54, 1.807) is 29.2 Å². The normalized spacial score (nSPS) is 17.4. The van der Waals surface area contributed by atoms with Crippen LogP contribution < -0.4 is 15.4 Å². The number of aliphatic hydroxyl groups is 1. The average Bonchev–Trinajstić information content (AvgIpc) is 3.01. The van der Waals surface area contributed by atoms with Crippen molar-refractivity contribution in [3.05, 3.63) is 100 Å². The van der Waals surface area contributed by atoms with Gasteiger partial charge in [-0.3, -0.25) is 9.69 Å². The predicted molar refractivity (Wildman–Crippen MR) is 177 cm³/mol. The summed E-state index contributed by atoms with van der Waals surface area (Å²) in [6.07, 6.45) is -0.267. The summed E-state index contributed by atoms with van der Waals surface area (Å²) in [6, 6.07) is 23.3. The van der Waals surface area contributed by atoms with Crippen molar-refractivity contribution in [1.29, 1.82) is 0 Å². The molecule has 44 heavy (non-hydrogen) atoms. The van der Waals surface area contributed by atoms with Gasteiger partial charge in [-0.25, -0.2) is 4.79 Å². The Bertz CT molecular complexity index is 1660. The monoisotopic (exact) mass is 634 g/mol. The van der Waals surface area contributed by atoms with Gasteiger partial charge in [0.25, 0.3) is 5.91 Å². The molecule has 0 fully saturated rings. The number of hydrogen-bond donors (Lipinski definition) is 3. The molecule has 0 radical (unpaired) electrons. The van der Waals surface area contributed by atoms with Crippen molar-refractivity contribution < 1.29 is 19.4 Å². The fourth-order valence-corrected chi connectivity index (χ4v) is 5.78. The first-order chi connectivity index (χ1) is 21.1. The molecule has 8 nitrogen and oxygen atoms in total. The zero-order valence-corrected chi connectivity index (χ0v) is 26.4. The van der Waals surface area contributed by atoms with E-state index >= 15 is 0 Å². The van der Waals surface area contributed by atoms with E-state index in [-0.39, 0.29) is 24.5 Å². The number of aliphatic hydroxyl groups excluding tert-OH is 1. The second-order valence-electron chi connectivity index (χ2n) is 11.4. The minimum absolute atomic E-state index is 0.0402. The van der Waals surface area contributed by atoms with Crippen molar-refractivity contribution in [3.63, 3.8) is 0 Å². The number of halogens is 2. The Kier molecular flexibility index (Phi) is 9.96. The van der Waals surface area contributed by atoms with Crippen LogP contribution in [0, 0.1) is 5.92 Å². The first-order valence-corrected chi connectivity index (χ1v) is 15.3. The number of carbonyl (C=O) groups excluding carboxylic acids is 2. The van der Waals surface area contributed by atoms with E-state index in [0.717, 1.165) is 16.3 Å². The summed E-state index contributed by atoms with van der Waals surface area (Å²) >= 11 is 12.3. The Morgan fingerprint density at radius 2 is 1.82 bits per heavy atom. The molecule has 1 heterocycles. The molecule has 4 aromatic carbocycles. The van der Waals surface area contributed by atoms with Gasteiger partial charge in [0.2, 0.25) is 0 Å². The molecule has 0 saturated carbocycles. The smallest absolute Gasteiger partial charge is 0.323 e. The van der Waals surface area contributed by atoms with E-state index < -0.39 is 12.1 Å². The van der Waals surface area contributed by atoms with Crippen LogP contribution in [0.4, 0.5) is 16.2 Å². The molecule has 3 N–H and O–H groups in total. The number of rotatable bonds is 8. The van der Waals surface area contributed by atoms with E-state index in [1.165, 1.54) is 0 Å². The largest absolute Gasteiger partial charge is 0.488 e. The Balaban J connectivity index is 1.37.